The maximum atomic E-state index is 14.3. The summed E-state index contributed by atoms with van der Waals surface area (Å²) in [6.07, 6.45) is 2.30. The number of piperidine rings is 1. The fourth-order valence-electron chi connectivity index (χ4n) is 5.47. The van der Waals surface area contributed by atoms with Crippen molar-refractivity contribution in [2.75, 3.05) is 50.7 Å². The monoisotopic (exact) mass is 609 g/mol. The summed E-state index contributed by atoms with van der Waals surface area (Å²) in [5, 5.41) is 3.01. The van der Waals surface area contributed by atoms with Crippen molar-refractivity contribution in [3.8, 4) is 11.5 Å². The third-order valence-corrected chi connectivity index (χ3v) is 7.87. The molecule has 10 nitrogen and oxygen atoms in total. The zero-order chi connectivity index (χ0) is 32.0. The maximum absolute atomic E-state index is 14.3. The van der Waals surface area contributed by atoms with E-state index < -0.39 is 23.5 Å². The molecule has 0 radical (unpaired) electrons. The minimum atomic E-state index is -0.720. The zero-order valence-corrected chi connectivity index (χ0v) is 27.1. The number of methoxy groups -OCH3 is 2. The van der Waals surface area contributed by atoms with Crippen LogP contribution in [0.25, 0.3) is 0 Å². The second kappa shape index (κ2) is 14.3. The van der Waals surface area contributed by atoms with Crippen molar-refractivity contribution in [3.63, 3.8) is 0 Å². The molecule has 2 aliphatic rings. The fourth-order valence-corrected chi connectivity index (χ4v) is 5.47. The molecule has 44 heavy (non-hydrogen) atoms. The van der Waals surface area contributed by atoms with Gasteiger partial charge in [-0.15, -0.1) is 0 Å². The number of carbonyl (C=O) groups is 3. The lowest BCUT2D eigenvalue weighted by Gasteiger charge is -2.39. The zero-order valence-electron chi connectivity index (χ0n) is 27.1. The van der Waals surface area contributed by atoms with E-state index >= 15 is 0 Å². The van der Waals surface area contributed by atoms with Gasteiger partial charge in [-0.05, 0) is 77.1 Å². The van der Waals surface area contributed by atoms with Crippen LogP contribution in [0.3, 0.4) is 0 Å². The minimum absolute atomic E-state index is 0.0620. The van der Waals surface area contributed by atoms with Crippen molar-refractivity contribution < 1.29 is 33.3 Å². The molecule has 2 aromatic rings. The Kier molecular flexibility index (Phi) is 10.8. The third kappa shape index (κ3) is 8.43. The lowest BCUT2D eigenvalue weighted by atomic mass is 9.87. The summed E-state index contributed by atoms with van der Waals surface area (Å²) in [5.74, 6) is -0.345. The molecule has 1 heterocycles. The summed E-state index contributed by atoms with van der Waals surface area (Å²) < 4.78 is 22.3. The minimum Gasteiger partial charge on any atom is -0.495 e. The first-order valence-electron chi connectivity index (χ1n) is 15.4. The van der Waals surface area contributed by atoms with Crippen LogP contribution in [0, 0.1) is 25.7 Å². The normalized spacial score (nSPS) is 18.4. The highest BCUT2D eigenvalue weighted by Gasteiger charge is 2.43. The van der Waals surface area contributed by atoms with Crippen LogP contribution in [0.5, 0.6) is 11.5 Å². The van der Waals surface area contributed by atoms with Gasteiger partial charge in [0.2, 0.25) is 11.8 Å². The number of nitrogens with one attached hydrogen (secondary N) is 1. The van der Waals surface area contributed by atoms with Crippen LogP contribution in [-0.2, 0) is 19.1 Å². The quantitative estimate of drug-likeness (QED) is 0.324. The Labute approximate surface area is 261 Å². The van der Waals surface area contributed by atoms with Crippen molar-refractivity contribution in [1.29, 1.82) is 0 Å². The van der Waals surface area contributed by atoms with E-state index in [9.17, 15) is 14.4 Å². The van der Waals surface area contributed by atoms with Crippen molar-refractivity contribution in [3.05, 3.63) is 47.5 Å². The summed E-state index contributed by atoms with van der Waals surface area (Å²) in [6.45, 7) is 10.7. The van der Waals surface area contributed by atoms with Gasteiger partial charge in [-0.3, -0.25) is 9.59 Å². The van der Waals surface area contributed by atoms with E-state index in [1.54, 1.807) is 41.1 Å². The molecule has 1 aliphatic heterocycles. The van der Waals surface area contributed by atoms with E-state index in [-0.39, 0.29) is 30.9 Å². The van der Waals surface area contributed by atoms with Gasteiger partial charge >= 0.3 is 6.09 Å². The first-order valence-corrected chi connectivity index (χ1v) is 15.4. The molecule has 2 fully saturated rings. The molecule has 2 aromatic carbocycles. The highest BCUT2D eigenvalue weighted by molar-refractivity contribution is 5.99. The van der Waals surface area contributed by atoms with Crippen LogP contribution < -0.4 is 19.7 Å². The number of anilines is 2. The molecule has 1 saturated carbocycles. The van der Waals surface area contributed by atoms with Gasteiger partial charge in [-0.1, -0.05) is 18.2 Å². The van der Waals surface area contributed by atoms with Gasteiger partial charge in [0.15, 0.2) is 0 Å². The predicted molar refractivity (Wildman–Crippen MR) is 169 cm³/mol. The fraction of sp³-hybridized carbons (Fsp3) is 0.559. The molecule has 0 unspecified atom stereocenters. The molecule has 3 amide bonds. The smallest absolute Gasteiger partial charge is 0.410 e. The molecule has 4 rings (SSSR count). The maximum Gasteiger partial charge on any atom is 0.410 e. The van der Waals surface area contributed by atoms with Gasteiger partial charge in [-0.25, -0.2) is 4.79 Å². The molecular formula is C34H47N3O7. The number of rotatable bonds is 11. The van der Waals surface area contributed by atoms with Crippen molar-refractivity contribution in [2.45, 2.75) is 71.9 Å². The molecule has 240 valence electrons. The number of benzene rings is 2. The first-order chi connectivity index (χ1) is 20.9. The van der Waals surface area contributed by atoms with Crippen molar-refractivity contribution in [1.82, 2.24) is 4.90 Å². The summed E-state index contributed by atoms with van der Waals surface area (Å²) in [6, 6.07) is 11.4. The first kappa shape index (κ1) is 33.1. The molecule has 0 aromatic heterocycles. The van der Waals surface area contributed by atoms with Crippen LogP contribution in [0.2, 0.25) is 0 Å². The second-order valence-corrected chi connectivity index (χ2v) is 12.7. The van der Waals surface area contributed by atoms with E-state index in [2.05, 4.69) is 5.32 Å². The lowest BCUT2D eigenvalue weighted by Crippen LogP contribution is -2.53. The molecule has 2 atom stereocenters. The Hall–Kier alpha value is -3.79. The number of nitrogens with zero attached hydrogens (tertiary/aromatic N) is 2. The number of amides is 3. The second-order valence-electron chi connectivity index (χ2n) is 12.7. The van der Waals surface area contributed by atoms with Gasteiger partial charge in [0.05, 0.1) is 31.2 Å². The molecule has 10 heteroatoms. The summed E-state index contributed by atoms with van der Waals surface area (Å²) in [5.41, 5.74) is 2.44. The molecule has 1 N–H and O–H groups in total. The number of aryl methyl sites for hydroxylation is 2. The average molecular weight is 610 g/mol. The molecule has 1 saturated heterocycles. The number of hydrogen-bond donors (Lipinski definition) is 1. The number of para-hydroxylation sites is 1. The molecular weight excluding hydrogens is 562 g/mol. The third-order valence-electron chi connectivity index (χ3n) is 7.87. The van der Waals surface area contributed by atoms with Crippen LogP contribution in [0.1, 0.15) is 57.6 Å². The van der Waals surface area contributed by atoms with Crippen molar-refractivity contribution in [2.24, 2.45) is 11.8 Å². The summed E-state index contributed by atoms with van der Waals surface area (Å²) in [4.78, 5) is 44.7. The van der Waals surface area contributed by atoms with Gasteiger partial charge in [0.1, 0.15) is 17.1 Å². The Morgan fingerprint density at radius 1 is 0.955 bits per heavy atom. The van der Waals surface area contributed by atoms with Gasteiger partial charge < -0.3 is 34.1 Å². The standard InChI is InChI=1S/C34H47N3O7/c1-22-12-13-27(19-29(22)43-17-9-16-41-6)37(26-14-15-26)32(39)25-18-24(20-36(21-25)33(40)44-34(3,4)5)31(38)35-30-23(2)10-8-11-28(30)42-7/h8,10-13,19,24-26H,9,14-18,20-21H2,1-7H3,(H,35,38)/t24-,25+/m0/s1. The number of carbonyl (C=O) groups excluding carboxylic acids is 3. The van der Waals surface area contributed by atoms with E-state index in [0.717, 1.165) is 41.8 Å². The predicted octanol–water partition coefficient (Wildman–Crippen LogP) is 5.73. The van der Waals surface area contributed by atoms with Gasteiger partial charge in [-0.2, -0.15) is 0 Å². The summed E-state index contributed by atoms with van der Waals surface area (Å²) >= 11 is 0. The molecule has 0 spiro atoms. The SMILES string of the molecule is COCCCOc1cc(N(C(=O)[C@@H]2C[C@H](C(=O)Nc3c(C)cccc3OC)CN(C(=O)OC(C)(C)C)C2)C2CC2)ccc1C. The highest BCUT2D eigenvalue weighted by Crippen LogP contribution is 2.38. The number of likely N-dealkylation sites (tertiary alicyclic amines) is 1. The van der Waals surface area contributed by atoms with Gasteiger partial charge in [0, 0.05) is 51.0 Å². The molecule has 0 bridgehead atoms. The van der Waals surface area contributed by atoms with Crippen LogP contribution in [0.4, 0.5) is 16.2 Å². The summed E-state index contributed by atoms with van der Waals surface area (Å²) in [7, 11) is 3.21. The number of ether oxygens (including phenoxy) is 4. The highest BCUT2D eigenvalue weighted by atomic mass is 16.6. The average Bonchev–Trinajstić information content (AvgIpc) is 3.82. The number of hydrogen-bond acceptors (Lipinski definition) is 7. The Morgan fingerprint density at radius 2 is 1.68 bits per heavy atom. The van der Waals surface area contributed by atoms with Crippen LogP contribution >= 0.6 is 0 Å². The Bertz CT molecular complexity index is 1330. The van der Waals surface area contributed by atoms with E-state index in [0.29, 0.717) is 31.1 Å². The van der Waals surface area contributed by atoms with Crippen LogP contribution in [0.15, 0.2) is 36.4 Å². The van der Waals surface area contributed by atoms with Crippen molar-refractivity contribution >= 4 is 29.3 Å². The lowest BCUT2D eigenvalue weighted by molar-refractivity contribution is -0.127. The van der Waals surface area contributed by atoms with E-state index in [1.807, 2.05) is 49.1 Å². The largest absolute Gasteiger partial charge is 0.495 e. The molecule has 1 aliphatic carbocycles. The van der Waals surface area contributed by atoms with E-state index in [4.69, 9.17) is 18.9 Å². The van der Waals surface area contributed by atoms with Crippen LogP contribution in [-0.4, -0.2) is 75.0 Å². The Balaban J connectivity index is 1.60. The van der Waals surface area contributed by atoms with E-state index in [1.165, 1.54) is 4.90 Å². The topological polar surface area (TPSA) is 107 Å². The Morgan fingerprint density at radius 3 is 2.34 bits per heavy atom. The van der Waals surface area contributed by atoms with Gasteiger partial charge in [0.25, 0.3) is 0 Å².